The minimum absolute atomic E-state index is 0.0754. The summed E-state index contributed by atoms with van der Waals surface area (Å²) in [5.41, 5.74) is 0. The molecule has 0 aromatic heterocycles. The van der Waals surface area contributed by atoms with Crippen LogP contribution in [0.15, 0.2) is 72.9 Å². The van der Waals surface area contributed by atoms with Crippen molar-refractivity contribution < 1.29 is 23.8 Å². The van der Waals surface area contributed by atoms with E-state index in [1.54, 1.807) is 0 Å². The number of carbonyl (C=O) groups is 2. The summed E-state index contributed by atoms with van der Waals surface area (Å²) in [5, 5.41) is 0. The molecule has 0 aromatic rings. The van der Waals surface area contributed by atoms with Gasteiger partial charge in [-0.1, -0.05) is 222 Å². The molecule has 5 heteroatoms. The van der Waals surface area contributed by atoms with Crippen molar-refractivity contribution in [3.05, 3.63) is 72.9 Å². The summed E-state index contributed by atoms with van der Waals surface area (Å²) in [6.45, 7) is 7.66. The molecule has 0 spiro atoms. The topological polar surface area (TPSA) is 61.8 Å². The third-order valence-electron chi connectivity index (χ3n) is 11.7. The van der Waals surface area contributed by atoms with Crippen LogP contribution in [0, 0.1) is 0 Å². The normalized spacial score (nSPS) is 12.7. The van der Waals surface area contributed by atoms with Gasteiger partial charge in [-0.05, 0) is 103 Å². The number of rotatable bonds is 50. The van der Waals surface area contributed by atoms with Crippen LogP contribution in [0.4, 0.5) is 0 Å². The second-order valence-corrected chi connectivity index (χ2v) is 18.1. The van der Waals surface area contributed by atoms with Crippen LogP contribution in [-0.2, 0) is 23.8 Å². The third-order valence-corrected chi connectivity index (χ3v) is 11.7. The Hall–Kier alpha value is -2.66. The lowest BCUT2D eigenvalue weighted by molar-refractivity contribution is -0.163. The predicted molar refractivity (Wildman–Crippen MR) is 279 cm³/mol. The summed E-state index contributed by atoms with van der Waals surface area (Å²) in [5.74, 6) is -0.411. The summed E-state index contributed by atoms with van der Waals surface area (Å²) in [6, 6.07) is 0. The number of allylic oxidation sites excluding steroid dienone is 12. The number of ether oxygens (including phenoxy) is 3. The van der Waals surface area contributed by atoms with Crippen molar-refractivity contribution in [1.82, 2.24) is 0 Å². The van der Waals surface area contributed by atoms with Gasteiger partial charge in [0, 0.05) is 19.4 Å². The van der Waals surface area contributed by atoms with Crippen molar-refractivity contribution >= 4 is 11.9 Å². The Bertz CT molecular complexity index is 1150. The molecule has 0 aliphatic heterocycles. The number of hydrogen-bond acceptors (Lipinski definition) is 5. The van der Waals surface area contributed by atoms with E-state index in [4.69, 9.17) is 14.2 Å². The Labute approximate surface area is 397 Å². The maximum absolute atomic E-state index is 12.8. The lowest BCUT2D eigenvalue weighted by Gasteiger charge is -2.18. The predicted octanol–water partition coefficient (Wildman–Crippen LogP) is 18.7. The molecule has 0 heterocycles. The van der Waals surface area contributed by atoms with Crippen LogP contribution in [-0.4, -0.2) is 37.9 Å². The molecule has 0 saturated heterocycles. The first-order valence-electron chi connectivity index (χ1n) is 27.5. The van der Waals surface area contributed by atoms with Crippen LogP contribution in [0.25, 0.3) is 0 Å². The number of carbonyl (C=O) groups excluding carboxylic acids is 2. The smallest absolute Gasteiger partial charge is 0.306 e. The van der Waals surface area contributed by atoms with Gasteiger partial charge in [0.2, 0.25) is 0 Å². The average Bonchev–Trinajstić information content (AvgIpc) is 3.30. The molecule has 5 nitrogen and oxygen atoms in total. The molecule has 0 amide bonds. The van der Waals surface area contributed by atoms with Crippen LogP contribution < -0.4 is 0 Å². The first kappa shape index (κ1) is 61.3. The van der Waals surface area contributed by atoms with Crippen molar-refractivity contribution in [2.24, 2.45) is 0 Å². The first-order valence-corrected chi connectivity index (χ1v) is 27.5. The Morgan fingerprint density at radius 3 is 1.19 bits per heavy atom. The Kier molecular flexibility index (Phi) is 52.4. The van der Waals surface area contributed by atoms with E-state index >= 15 is 0 Å². The molecule has 0 radical (unpaired) electrons. The fourth-order valence-corrected chi connectivity index (χ4v) is 7.59. The molecule has 0 aliphatic carbocycles. The highest BCUT2D eigenvalue weighted by atomic mass is 16.6. The molecule has 0 fully saturated rings. The summed E-state index contributed by atoms with van der Waals surface area (Å²) in [4.78, 5) is 25.5. The van der Waals surface area contributed by atoms with Crippen molar-refractivity contribution in [2.75, 3.05) is 19.8 Å². The van der Waals surface area contributed by atoms with Crippen LogP contribution in [0.5, 0.6) is 0 Å². The van der Waals surface area contributed by atoms with Crippen LogP contribution >= 0.6 is 0 Å². The zero-order valence-electron chi connectivity index (χ0n) is 42.5. The molecule has 64 heavy (non-hydrogen) atoms. The molecule has 1 unspecified atom stereocenters. The fraction of sp³-hybridized carbons (Fsp3) is 0.763. The van der Waals surface area contributed by atoms with Gasteiger partial charge < -0.3 is 14.2 Å². The van der Waals surface area contributed by atoms with E-state index in [2.05, 4.69) is 93.7 Å². The van der Waals surface area contributed by atoms with Crippen LogP contribution in [0.3, 0.4) is 0 Å². The SMILES string of the molecule is CC/C=C\C/C=C\C/C=C\CCCCCCCCCC(=O)OC(COCCCCCCCC/C=C\CCCC)COC(=O)CCCCCCCCCCC/C=C\C/C=C\CCCCC. The van der Waals surface area contributed by atoms with Gasteiger partial charge in [-0.25, -0.2) is 0 Å². The largest absolute Gasteiger partial charge is 0.462 e. The molecule has 0 aromatic carbocycles. The standard InChI is InChI=1S/C59H104O5/c1-4-7-10-13-16-19-22-25-27-29-30-32-33-35-37-40-43-46-49-52-58(60)63-56-57(55-62-54-51-48-45-42-39-24-21-18-15-12-9-6-3)64-59(61)53-50-47-44-41-38-36-34-31-28-26-23-20-17-14-11-8-5-2/h8,11,15-20,25-28,57H,4-7,9-10,12-14,21-24,29-56H2,1-3H3/b11-8-,18-15-,19-16-,20-17-,27-25-,28-26-. The third kappa shape index (κ3) is 52.0. The first-order chi connectivity index (χ1) is 31.6. The van der Waals surface area contributed by atoms with E-state index < -0.39 is 6.10 Å². The van der Waals surface area contributed by atoms with Gasteiger partial charge in [0.05, 0.1) is 6.61 Å². The van der Waals surface area contributed by atoms with Gasteiger partial charge >= 0.3 is 11.9 Å². The molecule has 0 bridgehead atoms. The van der Waals surface area contributed by atoms with Gasteiger partial charge in [-0.3, -0.25) is 9.59 Å². The van der Waals surface area contributed by atoms with Crippen molar-refractivity contribution in [3.63, 3.8) is 0 Å². The maximum Gasteiger partial charge on any atom is 0.306 e. The molecule has 0 rings (SSSR count). The van der Waals surface area contributed by atoms with E-state index in [1.165, 1.54) is 154 Å². The van der Waals surface area contributed by atoms with Gasteiger partial charge in [0.15, 0.2) is 6.10 Å². The van der Waals surface area contributed by atoms with Gasteiger partial charge in [-0.15, -0.1) is 0 Å². The molecule has 0 aliphatic rings. The zero-order valence-corrected chi connectivity index (χ0v) is 42.5. The highest BCUT2D eigenvalue weighted by Gasteiger charge is 2.17. The molecule has 1 atom stereocenters. The minimum atomic E-state index is -0.548. The van der Waals surface area contributed by atoms with E-state index in [1.807, 2.05) is 0 Å². The Balaban J connectivity index is 4.25. The molecule has 370 valence electrons. The van der Waals surface area contributed by atoms with Gasteiger partial charge in [0.25, 0.3) is 0 Å². The van der Waals surface area contributed by atoms with E-state index in [9.17, 15) is 9.59 Å². The number of hydrogen-bond donors (Lipinski definition) is 0. The summed E-state index contributed by atoms with van der Waals surface area (Å²) >= 11 is 0. The summed E-state index contributed by atoms with van der Waals surface area (Å²) < 4.78 is 17.4. The second-order valence-electron chi connectivity index (χ2n) is 18.1. The quantitative estimate of drug-likeness (QED) is 0.0346. The lowest BCUT2D eigenvalue weighted by Crippen LogP contribution is -2.30. The molecule has 0 N–H and O–H groups in total. The molecular weight excluding hydrogens is 789 g/mol. The highest BCUT2D eigenvalue weighted by Crippen LogP contribution is 2.15. The zero-order chi connectivity index (χ0) is 46.3. The molecular formula is C59H104O5. The van der Waals surface area contributed by atoms with Crippen LogP contribution in [0.1, 0.15) is 265 Å². The monoisotopic (exact) mass is 893 g/mol. The summed E-state index contributed by atoms with van der Waals surface area (Å²) in [7, 11) is 0. The average molecular weight is 893 g/mol. The van der Waals surface area contributed by atoms with Crippen molar-refractivity contribution in [3.8, 4) is 0 Å². The lowest BCUT2D eigenvalue weighted by atomic mass is 10.1. The van der Waals surface area contributed by atoms with Crippen LogP contribution in [0.2, 0.25) is 0 Å². The number of esters is 2. The van der Waals surface area contributed by atoms with E-state index in [-0.39, 0.29) is 25.2 Å². The van der Waals surface area contributed by atoms with E-state index in [0.29, 0.717) is 19.4 Å². The maximum atomic E-state index is 12.8. The number of unbranched alkanes of at least 4 members (excludes halogenated alkanes) is 27. The van der Waals surface area contributed by atoms with Crippen molar-refractivity contribution in [1.29, 1.82) is 0 Å². The Morgan fingerprint density at radius 2 is 0.719 bits per heavy atom. The molecule has 0 saturated carbocycles. The Morgan fingerprint density at radius 1 is 0.359 bits per heavy atom. The van der Waals surface area contributed by atoms with E-state index in [0.717, 1.165) is 77.0 Å². The minimum Gasteiger partial charge on any atom is -0.462 e. The second kappa shape index (κ2) is 54.7. The highest BCUT2D eigenvalue weighted by molar-refractivity contribution is 5.70. The fourth-order valence-electron chi connectivity index (χ4n) is 7.59. The summed E-state index contributed by atoms with van der Waals surface area (Å²) in [6.07, 6.45) is 70.5. The van der Waals surface area contributed by atoms with Gasteiger partial charge in [-0.2, -0.15) is 0 Å². The van der Waals surface area contributed by atoms with Gasteiger partial charge in [0.1, 0.15) is 6.61 Å². The van der Waals surface area contributed by atoms with Crippen molar-refractivity contribution in [2.45, 2.75) is 271 Å².